The van der Waals surface area contributed by atoms with Crippen molar-refractivity contribution in [2.75, 3.05) is 0 Å². The lowest BCUT2D eigenvalue weighted by Gasteiger charge is -2.02. The van der Waals surface area contributed by atoms with E-state index in [9.17, 15) is 14.5 Å². The summed E-state index contributed by atoms with van der Waals surface area (Å²) in [5.74, 6) is -0.441. The van der Waals surface area contributed by atoms with Gasteiger partial charge in [0.1, 0.15) is 0 Å². The number of halogens is 1. The van der Waals surface area contributed by atoms with E-state index in [1.165, 1.54) is 24.0 Å². The lowest BCUT2D eigenvalue weighted by Crippen LogP contribution is -1.93. The van der Waals surface area contributed by atoms with Crippen LogP contribution in [0.5, 0.6) is 0 Å². The second kappa shape index (κ2) is 6.12. The summed E-state index contributed by atoms with van der Waals surface area (Å²) in [6, 6.07) is 9.01. The van der Waals surface area contributed by atoms with Gasteiger partial charge in [0.25, 0.3) is 0 Å². The molecule has 1 aromatic carbocycles. The van der Waals surface area contributed by atoms with Crippen LogP contribution < -0.4 is 0 Å². The predicted molar refractivity (Wildman–Crippen MR) is 71.6 cm³/mol. The van der Waals surface area contributed by atoms with Crippen molar-refractivity contribution in [2.45, 2.75) is 10.8 Å². The molecule has 0 radical (unpaired) electrons. The number of nitro benzene ring substituents is 1. The molecule has 0 aliphatic carbocycles. The van der Waals surface area contributed by atoms with Crippen LogP contribution in [-0.2, 0) is 5.75 Å². The third kappa shape index (κ3) is 3.30. The van der Waals surface area contributed by atoms with Gasteiger partial charge in [-0.15, -0.1) is 11.8 Å². The topological polar surface area (TPSA) is 79.8 Å². The largest absolute Gasteiger partial charge is 0.304 e. The van der Waals surface area contributed by atoms with Crippen molar-refractivity contribution in [3.63, 3.8) is 0 Å². The van der Waals surface area contributed by atoms with E-state index in [0.717, 1.165) is 12.1 Å². The van der Waals surface area contributed by atoms with Crippen LogP contribution in [0.4, 0.5) is 10.1 Å². The molecule has 1 heterocycles. The smallest absolute Gasteiger partial charge is 0.258 e. The van der Waals surface area contributed by atoms with Gasteiger partial charge in [-0.05, 0) is 23.8 Å². The van der Waals surface area contributed by atoms with Gasteiger partial charge >= 0.3 is 5.69 Å². The average molecular weight is 289 g/mol. The Morgan fingerprint density at radius 3 is 2.85 bits per heavy atom. The Kier molecular flexibility index (Phi) is 4.27. The highest BCUT2D eigenvalue weighted by molar-refractivity contribution is 7.98. The monoisotopic (exact) mass is 289 g/mol. The van der Waals surface area contributed by atoms with E-state index in [1.54, 1.807) is 12.1 Å². The van der Waals surface area contributed by atoms with E-state index >= 15 is 0 Å². The Bertz CT molecular complexity index is 700. The number of benzene rings is 1. The minimum atomic E-state index is -0.855. The summed E-state index contributed by atoms with van der Waals surface area (Å²) < 4.78 is 13.4. The number of rotatable bonds is 4. The van der Waals surface area contributed by atoms with Crippen molar-refractivity contribution in [2.24, 2.45) is 0 Å². The second-order valence-corrected chi connectivity index (χ2v) is 4.82. The van der Waals surface area contributed by atoms with Crippen LogP contribution in [0.3, 0.4) is 0 Å². The summed E-state index contributed by atoms with van der Waals surface area (Å²) in [7, 11) is 0. The first kappa shape index (κ1) is 14.0. The number of thioether (sulfide) groups is 1. The zero-order valence-corrected chi connectivity index (χ0v) is 10.9. The molecule has 0 amide bonds. The SMILES string of the molecule is N#Cc1ccnc(SCc2ccc([N+](=O)[O-])c(F)c2)c1. The molecule has 0 aliphatic heterocycles. The van der Waals surface area contributed by atoms with E-state index in [2.05, 4.69) is 4.98 Å². The molecule has 0 saturated carbocycles. The van der Waals surface area contributed by atoms with Crippen LogP contribution in [0, 0.1) is 27.3 Å². The van der Waals surface area contributed by atoms with Gasteiger partial charge < -0.3 is 0 Å². The zero-order valence-electron chi connectivity index (χ0n) is 10.1. The first-order valence-electron chi connectivity index (χ1n) is 5.52. The summed E-state index contributed by atoms with van der Waals surface area (Å²) in [5.41, 5.74) is 0.572. The lowest BCUT2D eigenvalue weighted by atomic mass is 10.2. The minimum absolute atomic E-state index is 0.413. The third-order valence-corrected chi connectivity index (χ3v) is 3.46. The fourth-order valence-corrected chi connectivity index (χ4v) is 2.34. The van der Waals surface area contributed by atoms with Gasteiger partial charge in [-0.25, -0.2) is 4.98 Å². The number of pyridine rings is 1. The highest BCUT2D eigenvalue weighted by Gasteiger charge is 2.13. The van der Waals surface area contributed by atoms with Gasteiger partial charge in [0.2, 0.25) is 5.82 Å². The van der Waals surface area contributed by atoms with Crippen LogP contribution in [0.2, 0.25) is 0 Å². The minimum Gasteiger partial charge on any atom is -0.258 e. The molecule has 2 aromatic rings. The number of nitrogens with zero attached hydrogens (tertiary/aromatic N) is 3. The Morgan fingerprint density at radius 2 is 2.20 bits per heavy atom. The Labute approximate surface area is 118 Å². The summed E-state index contributed by atoms with van der Waals surface area (Å²) >= 11 is 1.33. The summed E-state index contributed by atoms with van der Waals surface area (Å²) in [6.45, 7) is 0. The molecule has 20 heavy (non-hydrogen) atoms. The summed E-state index contributed by atoms with van der Waals surface area (Å²) in [4.78, 5) is 13.8. The third-order valence-electron chi connectivity index (χ3n) is 2.46. The van der Waals surface area contributed by atoms with Gasteiger partial charge in [0, 0.05) is 18.0 Å². The molecule has 0 N–H and O–H groups in total. The number of nitro groups is 1. The molecule has 0 spiro atoms. The van der Waals surface area contributed by atoms with Crippen molar-refractivity contribution >= 4 is 17.4 Å². The van der Waals surface area contributed by atoms with E-state index in [0.29, 0.717) is 21.9 Å². The maximum absolute atomic E-state index is 13.4. The van der Waals surface area contributed by atoms with Crippen molar-refractivity contribution in [1.82, 2.24) is 4.98 Å². The first-order valence-corrected chi connectivity index (χ1v) is 6.50. The summed E-state index contributed by atoms with van der Waals surface area (Å²) in [6.07, 6.45) is 1.53. The van der Waals surface area contributed by atoms with Gasteiger partial charge in [0.05, 0.1) is 21.6 Å². The molecule has 0 atom stereocenters. The summed E-state index contributed by atoms with van der Waals surface area (Å²) in [5, 5.41) is 19.9. The molecule has 1 aromatic heterocycles. The quantitative estimate of drug-likeness (QED) is 0.490. The van der Waals surface area contributed by atoms with Crippen molar-refractivity contribution in [1.29, 1.82) is 5.26 Å². The molecule has 5 nitrogen and oxygen atoms in total. The number of aromatic nitrogens is 1. The van der Waals surface area contributed by atoms with Crippen LogP contribution in [0.1, 0.15) is 11.1 Å². The Hall–Kier alpha value is -2.46. The number of hydrogen-bond acceptors (Lipinski definition) is 5. The molecule has 0 unspecified atom stereocenters. The molecule has 0 saturated heterocycles. The maximum Gasteiger partial charge on any atom is 0.304 e. The van der Waals surface area contributed by atoms with E-state index in [-0.39, 0.29) is 0 Å². The molecular weight excluding hydrogens is 281 g/mol. The van der Waals surface area contributed by atoms with Gasteiger partial charge in [-0.1, -0.05) is 6.07 Å². The normalized spacial score (nSPS) is 10.0. The second-order valence-electron chi connectivity index (χ2n) is 3.83. The van der Waals surface area contributed by atoms with Crippen molar-refractivity contribution < 1.29 is 9.31 Å². The molecule has 100 valence electrons. The molecule has 2 rings (SSSR count). The Balaban J connectivity index is 2.09. The molecular formula is C13H8FN3O2S. The van der Waals surface area contributed by atoms with Crippen molar-refractivity contribution in [3.8, 4) is 6.07 Å². The van der Waals surface area contributed by atoms with Crippen molar-refractivity contribution in [3.05, 3.63) is 63.6 Å². The van der Waals surface area contributed by atoms with E-state index in [1.807, 2.05) is 6.07 Å². The predicted octanol–water partition coefficient (Wildman–Crippen LogP) is 3.29. The first-order chi connectivity index (χ1) is 9.60. The maximum atomic E-state index is 13.4. The standard InChI is InChI=1S/C13H8FN3O2S/c14-11-5-10(1-2-12(11)17(18)19)8-20-13-6-9(7-15)3-4-16-13/h1-6H,8H2. The fraction of sp³-hybridized carbons (Fsp3) is 0.0769. The van der Waals surface area contributed by atoms with Crippen LogP contribution in [0.15, 0.2) is 41.6 Å². The van der Waals surface area contributed by atoms with Crippen LogP contribution in [-0.4, -0.2) is 9.91 Å². The Morgan fingerprint density at radius 1 is 1.40 bits per heavy atom. The highest BCUT2D eigenvalue weighted by Crippen LogP contribution is 2.24. The van der Waals surface area contributed by atoms with Crippen LogP contribution >= 0.6 is 11.8 Å². The lowest BCUT2D eigenvalue weighted by molar-refractivity contribution is -0.387. The van der Waals surface area contributed by atoms with E-state index < -0.39 is 16.4 Å². The van der Waals surface area contributed by atoms with Gasteiger partial charge in [0.15, 0.2) is 0 Å². The average Bonchev–Trinajstić information content (AvgIpc) is 2.45. The van der Waals surface area contributed by atoms with E-state index in [4.69, 9.17) is 5.26 Å². The molecule has 0 bridgehead atoms. The fourth-order valence-electron chi connectivity index (χ4n) is 1.50. The molecule has 7 heteroatoms. The number of hydrogen-bond donors (Lipinski definition) is 0. The molecule has 0 aliphatic rings. The molecule has 0 fully saturated rings. The number of nitriles is 1. The van der Waals surface area contributed by atoms with Crippen LogP contribution in [0.25, 0.3) is 0 Å². The highest BCUT2D eigenvalue weighted by atomic mass is 32.2. The zero-order chi connectivity index (χ0) is 14.5. The van der Waals surface area contributed by atoms with Gasteiger partial charge in [-0.3, -0.25) is 10.1 Å². The van der Waals surface area contributed by atoms with Gasteiger partial charge in [-0.2, -0.15) is 9.65 Å².